The van der Waals surface area contributed by atoms with Crippen LogP contribution in [0.4, 0.5) is 18.9 Å². The number of ether oxygens (including phenoxy) is 1. The predicted octanol–water partition coefficient (Wildman–Crippen LogP) is 4.71. The topological polar surface area (TPSA) is 69.0 Å². The van der Waals surface area contributed by atoms with E-state index in [1.54, 1.807) is 11.6 Å². The Bertz CT molecular complexity index is 1040. The van der Waals surface area contributed by atoms with E-state index in [1.807, 2.05) is 24.3 Å². The first-order chi connectivity index (χ1) is 14.8. The fraction of sp³-hybridized carbons (Fsp3) is 0.286. The van der Waals surface area contributed by atoms with Gasteiger partial charge < -0.3 is 14.6 Å². The van der Waals surface area contributed by atoms with Gasteiger partial charge in [0.25, 0.3) is 0 Å². The van der Waals surface area contributed by atoms with Crippen molar-refractivity contribution in [3.8, 4) is 5.75 Å². The van der Waals surface area contributed by atoms with Gasteiger partial charge in [-0.15, -0.1) is 10.2 Å². The van der Waals surface area contributed by atoms with E-state index >= 15 is 0 Å². The lowest BCUT2D eigenvalue weighted by molar-refractivity contribution is -0.137. The van der Waals surface area contributed by atoms with E-state index in [1.165, 1.54) is 17.7 Å². The number of anilines is 1. The van der Waals surface area contributed by atoms with Crippen LogP contribution in [0, 0.1) is 0 Å². The van der Waals surface area contributed by atoms with Crippen LogP contribution in [-0.2, 0) is 31.0 Å². The Morgan fingerprint density at radius 1 is 1.16 bits per heavy atom. The molecule has 0 aliphatic rings. The Labute approximate surface area is 181 Å². The van der Waals surface area contributed by atoms with Crippen molar-refractivity contribution >= 4 is 23.4 Å². The van der Waals surface area contributed by atoms with Crippen LogP contribution in [0.25, 0.3) is 0 Å². The summed E-state index contributed by atoms with van der Waals surface area (Å²) in [7, 11) is 1.76. The highest BCUT2D eigenvalue weighted by atomic mass is 32.2. The number of alkyl halides is 3. The standard InChI is InChI=1S/C21H21F3N4O2S/c1-3-14-7-9-17(10-8-14)30-12-18-26-27-20(28(18)2)31-13-19(29)25-16-6-4-5-15(11-16)21(22,23)24/h4-11H,3,12-13H2,1-2H3,(H,25,29). The fourth-order valence-electron chi connectivity index (χ4n) is 2.67. The first-order valence-electron chi connectivity index (χ1n) is 9.46. The molecule has 164 valence electrons. The molecule has 0 radical (unpaired) electrons. The molecule has 10 heteroatoms. The second-order valence-electron chi connectivity index (χ2n) is 6.66. The number of hydrogen-bond donors (Lipinski definition) is 1. The number of carbonyl (C=O) groups excluding carboxylic acids is 1. The van der Waals surface area contributed by atoms with Gasteiger partial charge in [0.1, 0.15) is 12.4 Å². The van der Waals surface area contributed by atoms with E-state index in [9.17, 15) is 18.0 Å². The summed E-state index contributed by atoms with van der Waals surface area (Å²) in [4.78, 5) is 12.1. The molecule has 31 heavy (non-hydrogen) atoms. The van der Waals surface area contributed by atoms with Crippen LogP contribution in [0.2, 0.25) is 0 Å². The smallest absolute Gasteiger partial charge is 0.416 e. The zero-order valence-electron chi connectivity index (χ0n) is 16.9. The van der Waals surface area contributed by atoms with Crippen molar-refractivity contribution in [2.24, 2.45) is 7.05 Å². The lowest BCUT2D eigenvalue weighted by atomic mass is 10.2. The molecule has 0 saturated carbocycles. The summed E-state index contributed by atoms with van der Waals surface area (Å²) in [5.74, 6) is 0.832. The van der Waals surface area contributed by atoms with Gasteiger partial charge in [-0.25, -0.2) is 0 Å². The average molecular weight is 450 g/mol. The molecule has 0 saturated heterocycles. The Hall–Kier alpha value is -3.01. The number of halogens is 3. The molecule has 1 N–H and O–H groups in total. The van der Waals surface area contributed by atoms with Gasteiger partial charge in [0.2, 0.25) is 5.91 Å². The first kappa shape index (κ1) is 22.7. The number of carbonyl (C=O) groups is 1. The molecule has 1 aromatic heterocycles. The van der Waals surface area contributed by atoms with Crippen molar-refractivity contribution in [2.45, 2.75) is 31.3 Å². The van der Waals surface area contributed by atoms with Crippen molar-refractivity contribution in [1.29, 1.82) is 0 Å². The van der Waals surface area contributed by atoms with Crippen molar-refractivity contribution in [1.82, 2.24) is 14.8 Å². The second-order valence-corrected chi connectivity index (χ2v) is 7.60. The van der Waals surface area contributed by atoms with Gasteiger partial charge in [-0.3, -0.25) is 4.79 Å². The van der Waals surface area contributed by atoms with Crippen molar-refractivity contribution in [3.05, 3.63) is 65.5 Å². The number of thioether (sulfide) groups is 1. The third-order valence-electron chi connectivity index (χ3n) is 4.43. The monoisotopic (exact) mass is 450 g/mol. The number of amides is 1. The fourth-order valence-corrected chi connectivity index (χ4v) is 3.40. The molecule has 0 fully saturated rings. The van der Waals surface area contributed by atoms with Crippen LogP contribution >= 0.6 is 11.8 Å². The molecule has 0 aliphatic heterocycles. The minimum Gasteiger partial charge on any atom is -0.486 e. The summed E-state index contributed by atoms with van der Waals surface area (Å²) in [6.45, 7) is 2.29. The van der Waals surface area contributed by atoms with E-state index in [4.69, 9.17) is 4.74 Å². The molecule has 6 nitrogen and oxygen atoms in total. The maximum atomic E-state index is 12.8. The van der Waals surface area contributed by atoms with Gasteiger partial charge in [-0.2, -0.15) is 13.2 Å². The lowest BCUT2D eigenvalue weighted by Crippen LogP contribution is -2.15. The predicted molar refractivity (Wildman–Crippen MR) is 112 cm³/mol. The molecule has 1 heterocycles. The van der Waals surface area contributed by atoms with Crippen molar-refractivity contribution in [3.63, 3.8) is 0 Å². The molecule has 0 aliphatic carbocycles. The number of nitrogens with one attached hydrogen (secondary N) is 1. The first-order valence-corrected chi connectivity index (χ1v) is 10.4. The molecule has 3 aromatic rings. The van der Waals surface area contributed by atoms with Crippen molar-refractivity contribution in [2.75, 3.05) is 11.1 Å². The molecule has 0 bridgehead atoms. The third-order valence-corrected chi connectivity index (χ3v) is 5.45. The summed E-state index contributed by atoms with van der Waals surface area (Å²) in [5.41, 5.74) is 0.481. The Morgan fingerprint density at radius 2 is 1.90 bits per heavy atom. The SMILES string of the molecule is CCc1ccc(OCc2nnc(SCC(=O)Nc3cccc(C(F)(F)F)c3)n2C)cc1. The molecule has 0 unspecified atom stereocenters. The van der Waals surface area contributed by atoms with Crippen molar-refractivity contribution < 1.29 is 22.7 Å². The minimum atomic E-state index is -4.47. The number of rotatable bonds is 8. The Balaban J connectivity index is 1.53. The maximum Gasteiger partial charge on any atom is 0.416 e. The molecule has 2 aromatic carbocycles. The van der Waals surface area contributed by atoms with E-state index in [0.29, 0.717) is 11.0 Å². The normalized spacial score (nSPS) is 11.4. The Kier molecular flexibility index (Phi) is 7.21. The zero-order chi connectivity index (χ0) is 22.4. The molecule has 3 rings (SSSR count). The summed E-state index contributed by atoms with van der Waals surface area (Å²) in [6, 6.07) is 12.3. The maximum absolute atomic E-state index is 12.8. The summed E-state index contributed by atoms with van der Waals surface area (Å²) in [5, 5.41) is 11.1. The molecule has 1 amide bonds. The number of aryl methyl sites for hydroxylation is 1. The van der Waals surface area contributed by atoms with E-state index < -0.39 is 17.6 Å². The number of nitrogens with zero attached hydrogens (tertiary/aromatic N) is 3. The quantitative estimate of drug-likeness (QED) is 0.504. The number of aromatic nitrogens is 3. The van der Waals surface area contributed by atoms with Crippen LogP contribution in [0.5, 0.6) is 5.75 Å². The van der Waals surface area contributed by atoms with Gasteiger partial charge in [0.15, 0.2) is 11.0 Å². The van der Waals surface area contributed by atoms with Gasteiger partial charge in [-0.05, 0) is 42.3 Å². The highest BCUT2D eigenvalue weighted by Crippen LogP contribution is 2.30. The van der Waals surface area contributed by atoms with E-state index in [0.717, 1.165) is 36.1 Å². The highest BCUT2D eigenvalue weighted by Gasteiger charge is 2.30. The van der Waals surface area contributed by atoms with Crippen LogP contribution in [-0.4, -0.2) is 26.4 Å². The average Bonchev–Trinajstić information content (AvgIpc) is 3.10. The zero-order valence-corrected chi connectivity index (χ0v) is 17.8. The van der Waals surface area contributed by atoms with Gasteiger partial charge >= 0.3 is 6.18 Å². The van der Waals surface area contributed by atoms with Gasteiger partial charge in [0, 0.05) is 12.7 Å². The van der Waals surface area contributed by atoms with Crippen LogP contribution < -0.4 is 10.1 Å². The minimum absolute atomic E-state index is 0.0262. The summed E-state index contributed by atoms with van der Waals surface area (Å²) < 4.78 is 45.8. The largest absolute Gasteiger partial charge is 0.486 e. The highest BCUT2D eigenvalue weighted by molar-refractivity contribution is 7.99. The van der Waals surface area contributed by atoms with E-state index in [2.05, 4.69) is 22.4 Å². The lowest BCUT2D eigenvalue weighted by Gasteiger charge is -2.10. The second kappa shape index (κ2) is 9.86. The number of hydrogen-bond acceptors (Lipinski definition) is 5. The summed E-state index contributed by atoms with van der Waals surface area (Å²) in [6.07, 6.45) is -3.52. The molecular formula is C21H21F3N4O2S. The Morgan fingerprint density at radius 3 is 2.58 bits per heavy atom. The van der Waals surface area contributed by atoms with Crippen LogP contribution in [0.15, 0.2) is 53.7 Å². The molecular weight excluding hydrogens is 429 g/mol. The molecule has 0 atom stereocenters. The summed E-state index contributed by atoms with van der Waals surface area (Å²) >= 11 is 1.13. The van der Waals surface area contributed by atoms with E-state index in [-0.39, 0.29) is 18.0 Å². The third kappa shape index (κ3) is 6.24. The van der Waals surface area contributed by atoms with Crippen LogP contribution in [0.3, 0.4) is 0 Å². The molecule has 0 spiro atoms. The van der Waals surface area contributed by atoms with Crippen LogP contribution in [0.1, 0.15) is 23.9 Å². The number of benzene rings is 2. The van der Waals surface area contributed by atoms with Gasteiger partial charge in [0.05, 0.1) is 11.3 Å². The van der Waals surface area contributed by atoms with Gasteiger partial charge in [-0.1, -0.05) is 36.9 Å².